The van der Waals surface area contributed by atoms with Crippen LogP contribution >= 0.6 is 11.6 Å². The van der Waals surface area contributed by atoms with E-state index in [0.29, 0.717) is 10.6 Å². The summed E-state index contributed by atoms with van der Waals surface area (Å²) >= 11 is 5.89. The van der Waals surface area contributed by atoms with Crippen molar-refractivity contribution >= 4 is 35.7 Å². The molecule has 0 amide bonds. The SMILES string of the molecule is O=C(C[n+]1[nH]n(N=Cc2ccccc2)c(=O)c1C([O-])=N/N=C/c1ccccc1)c1ccc(Cl)cc1. The molecule has 10 heteroatoms. The predicted octanol–water partition coefficient (Wildman–Crippen LogP) is 2.02. The van der Waals surface area contributed by atoms with Gasteiger partial charge in [0.1, 0.15) is 0 Å². The molecule has 35 heavy (non-hydrogen) atoms. The number of H-pyrrole nitrogens is 1. The van der Waals surface area contributed by atoms with Crippen LogP contribution in [0.5, 0.6) is 0 Å². The number of benzene rings is 3. The topological polar surface area (TPSA) is 119 Å². The Labute approximate surface area is 204 Å². The number of Topliss-reactive ketones (excluding diaryl/α,β-unsaturated/α-hetero) is 1. The van der Waals surface area contributed by atoms with Gasteiger partial charge in [0.15, 0.2) is 6.54 Å². The molecule has 0 fully saturated rings. The van der Waals surface area contributed by atoms with Crippen molar-refractivity contribution in [2.24, 2.45) is 15.3 Å². The summed E-state index contributed by atoms with van der Waals surface area (Å²) < 4.78 is 1.10. The second-order valence-electron chi connectivity index (χ2n) is 7.30. The Morgan fingerprint density at radius 3 is 2.17 bits per heavy atom. The van der Waals surface area contributed by atoms with E-state index in [2.05, 4.69) is 20.5 Å². The number of hydrogen-bond acceptors (Lipinski definition) is 6. The highest BCUT2D eigenvalue weighted by atomic mass is 35.5. The first-order chi connectivity index (χ1) is 17.0. The van der Waals surface area contributed by atoms with Crippen molar-refractivity contribution in [3.63, 3.8) is 0 Å². The summed E-state index contributed by atoms with van der Waals surface area (Å²) in [5, 5.41) is 27.5. The lowest BCUT2D eigenvalue weighted by atomic mass is 10.1. The van der Waals surface area contributed by atoms with Crippen molar-refractivity contribution in [2.45, 2.75) is 6.54 Å². The van der Waals surface area contributed by atoms with Gasteiger partial charge in [-0.25, -0.2) is 4.79 Å². The van der Waals surface area contributed by atoms with Gasteiger partial charge in [-0.2, -0.15) is 10.2 Å². The number of rotatable bonds is 8. The van der Waals surface area contributed by atoms with E-state index in [1.165, 1.54) is 12.4 Å². The maximum Gasteiger partial charge on any atom is 0.427 e. The van der Waals surface area contributed by atoms with Crippen molar-refractivity contribution in [3.8, 4) is 0 Å². The molecule has 0 spiro atoms. The van der Waals surface area contributed by atoms with Crippen LogP contribution in [0.15, 0.2) is 105 Å². The van der Waals surface area contributed by atoms with Crippen molar-refractivity contribution in [2.75, 3.05) is 0 Å². The molecule has 0 saturated carbocycles. The molecule has 0 unspecified atom stereocenters. The summed E-state index contributed by atoms with van der Waals surface area (Å²) in [4.78, 5) is 26.6. The molecule has 0 saturated heterocycles. The minimum atomic E-state index is -0.920. The van der Waals surface area contributed by atoms with Crippen molar-refractivity contribution < 1.29 is 14.6 Å². The van der Waals surface area contributed by atoms with Gasteiger partial charge in [0.25, 0.3) is 5.69 Å². The maximum absolute atomic E-state index is 13.0. The van der Waals surface area contributed by atoms with E-state index in [9.17, 15) is 14.7 Å². The Kier molecular flexibility index (Phi) is 7.39. The second-order valence-corrected chi connectivity index (χ2v) is 7.73. The van der Waals surface area contributed by atoms with E-state index in [1.54, 1.807) is 48.5 Å². The van der Waals surface area contributed by atoms with Crippen LogP contribution < -0.4 is 15.3 Å². The summed E-state index contributed by atoms with van der Waals surface area (Å²) in [7, 11) is 0. The normalized spacial score (nSPS) is 12.0. The fraction of sp³-hybridized carbons (Fsp3) is 0.0400. The lowest BCUT2D eigenvalue weighted by molar-refractivity contribution is -0.745. The summed E-state index contributed by atoms with van der Waals surface area (Å²) in [6, 6.07) is 24.4. The average Bonchev–Trinajstić information content (AvgIpc) is 3.18. The Bertz CT molecular complexity index is 1460. The highest BCUT2D eigenvalue weighted by Gasteiger charge is 2.24. The van der Waals surface area contributed by atoms with Gasteiger partial charge in [0.2, 0.25) is 5.78 Å². The summed E-state index contributed by atoms with van der Waals surface area (Å²) in [5.74, 6) is -1.27. The first-order valence-corrected chi connectivity index (χ1v) is 10.9. The molecule has 1 N–H and O–H groups in total. The molecule has 174 valence electrons. The number of carbonyl (C=O) groups is 1. The summed E-state index contributed by atoms with van der Waals surface area (Å²) in [6.45, 7) is -0.330. The van der Waals surface area contributed by atoms with Gasteiger partial charge in [0.05, 0.1) is 18.3 Å². The fourth-order valence-corrected chi connectivity index (χ4v) is 3.22. The molecule has 4 aromatic rings. The molecule has 4 rings (SSSR count). The first-order valence-electron chi connectivity index (χ1n) is 10.5. The van der Waals surface area contributed by atoms with Crippen molar-refractivity contribution in [1.82, 2.24) is 10.0 Å². The summed E-state index contributed by atoms with van der Waals surface area (Å²) in [5.41, 5.74) is 0.671. The Morgan fingerprint density at radius 1 is 0.943 bits per heavy atom. The molecule has 1 aromatic heterocycles. The van der Waals surface area contributed by atoms with Crippen LogP contribution in [-0.4, -0.2) is 34.1 Å². The lowest BCUT2D eigenvalue weighted by Crippen LogP contribution is -2.48. The Morgan fingerprint density at radius 2 is 1.54 bits per heavy atom. The smallest absolute Gasteiger partial charge is 0.427 e. The minimum Gasteiger partial charge on any atom is -0.854 e. The molecule has 3 aromatic carbocycles. The molecule has 0 aliphatic carbocycles. The number of nitrogens with one attached hydrogen (secondary N) is 1. The zero-order valence-corrected chi connectivity index (χ0v) is 19.0. The van der Waals surface area contributed by atoms with Gasteiger partial charge in [-0.15, -0.1) is 4.68 Å². The van der Waals surface area contributed by atoms with Crippen LogP contribution in [-0.2, 0) is 6.54 Å². The van der Waals surface area contributed by atoms with E-state index in [1.807, 2.05) is 36.4 Å². The highest BCUT2D eigenvalue weighted by Crippen LogP contribution is 2.10. The van der Waals surface area contributed by atoms with Crippen LogP contribution in [0.1, 0.15) is 27.2 Å². The number of aromatic amines is 1. The predicted molar refractivity (Wildman–Crippen MR) is 131 cm³/mol. The van der Waals surface area contributed by atoms with Gasteiger partial charge in [-0.3, -0.25) is 4.79 Å². The standard InChI is InChI=1S/C25H19ClN6O3/c26-21-13-11-20(12-14-21)22(33)17-31-23(24(34)29-27-15-18-7-3-1-4-8-18)25(35)32(30-31)28-16-19-9-5-2-6-10-19/h1-16H,17H2,(H-,29,30,34,35). The van der Waals surface area contributed by atoms with Crippen LogP contribution in [0.25, 0.3) is 0 Å². The number of aromatic nitrogens is 3. The Hall–Kier alpha value is -4.63. The van der Waals surface area contributed by atoms with Gasteiger partial charge < -0.3 is 5.11 Å². The fourth-order valence-electron chi connectivity index (χ4n) is 3.09. The van der Waals surface area contributed by atoms with E-state index in [-0.39, 0.29) is 18.0 Å². The van der Waals surface area contributed by atoms with E-state index in [0.717, 1.165) is 20.6 Å². The maximum atomic E-state index is 13.0. The van der Waals surface area contributed by atoms with Crippen LogP contribution in [0, 0.1) is 0 Å². The minimum absolute atomic E-state index is 0.330. The molecular weight excluding hydrogens is 468 g/mol. The number of halogens is 1. The van der Waals surface area contributed by atoms with Crippen LogP contribution in [0.2, 0.25) is 5.02 Å². The van der Waals surface area contributed by atoms with Gasteiger partial charge >= 0.3 is 5.56 Å². The zero-order chi connectivity index (χ0) is 24.6. The molecule has 0 aliphatic rings. The third-order valence-electron chi connectivity index (χ3n) is 4.83. The Balaban J connectivity index is 1.68. The molecule has 0 atom stereocenters. The van der Waals surface area contributed by atoms with Gasteiger partial charge in [-0.1, -0.05) is 82.6 Å². The number of ketones is 1. The van der Waals surface area contributed by atoms with Crippen LogP contribution in [0.3, 0.4) is 0 Å². The molecule has 0 aliphatic heterocycles. The highest BCUT2D eigenvalue weighted by molar-refractivity contribution is 6.30. The molecule has 0 bridgehead atoms. The van der Waals surface area contributed by atoms with E-state index in [4.69, 9.17) is 11.6 Å². The molecule has 0 radical (unpaired) electrons. The van der Waals surface area contributed by atoms with E-state index >= 15 is 0 Å². The zero-order valence-electron chi connectivity index (χ0n) is 18.3. The first kappa shape index (κ1) is 23.5. The quantitative estimate of drug-likeness (QED) is 0.135. The van der Waals surface area contributed by atoms with Gasteiger partial charge in [0, 0.05) is 15.4 Å². The average molecular weight is 487 g/mol. The number of hydrogen-bond donors (Lipinski definition) is 1. The van der Waals surface area contributed by atoms with Gasteiger partial charge in [-0.05, 0) is 35.4 Å². The third kappa shape index (κ3) is 6.04. The van der Waals surface area contributed by atoms with Crippen molar-refractivity contribution in [3.05, 3.63) is 123 Å². The second kappa shape index (κ2) is 11.0. The molecule has 9 nitrogen and oxygen atoms in total. The lowest BCUT2D eigenvalue weighted by Gasteiger charge is -2.05. The monoisotopic (exact) mass is 486 g/mol. The molecular formula is C25H19ClN6O3. The molecule has 1 heterocycles. The van der Waals surface area contributed by atoms with Crippen LogP contribution in [0.4, 0.5) is 0 Å². The van der Waals surface area contributed by atoms with Crippen molar-refractivity contribution in [1.29, 1.82) is 0 Å². The largest absolute Gasteiger partial charge is 0.854 e. The number of carbonyl (C=O) groups excluding carboxylic acids is 1. The number of nitrogens with zero attached hydrogens (tertiary/aromatic N) is 5. The summed E-state index contributed by atoms with van der Waals surface area (Å²) in [6.07, 6.45) is 2.84. The van der Waals surface area contributed by atoms with E-state index < -0.39 is 11.5 Å². The third-order valence-corrected chi connectivity index (χ3v) is 5.08.